The van der Waals surface area contributed by atoms with Gasteiger partial charge in [0.05, 0.1) is 25.7 Å². The molecule has 0 saturated heterocycles. The van der Waals surface area contributed by atoms with Crippen molar-refractivity contribution in [1.29, 1.82) is 0 Å². The van der Waals surface area contributed by atoms with E-state index in [-0.39, 0.29) is 17.3 Å². The van der Waals surface area contributed by atoms with Crippen LogP contribution in [0.1, 0.15) is 5.56 Å². The van der Waals surface area contributed by atoms with Gasteiger partial charge in [-0.05, 0) is 42.8 Å². The van der Waals surface area contributed by atoms with Gasteiger partial charge >= 0.3 is 0 Å². The third-order valence-corrected chi connectivity index (χ3v) is 5.92. The minimum atomic E-state index is -3.50. The molecule has 0 bridgehead atoms. The topological polar surface area (TPSA) is 97.0 Å². The number of rotatable bonds is 8. The molecule has 2 aromatic carbocycles. The fourth-order valence-corrected chi connectivity index (χ4v) is 3.37. The van der Waals surface area contributed by atoms with Crippen LogP contribution < -0.4 is 20.1 Å². The van der Waals surface area contributed by atoms with Crippen molar-refractivity contribution in [2.24, 2.45) is 0 Å². The molecule has 0 spiro atoms. The van der Waals surface area contributed by atoms with Gasteiger partial charge in [-0.15, -0.1) is 0 Å². The van der Waals surface area contributed by atoms with E-state index in [1.807, 2.05) is 13.0 Å². The average molecular weight is 407 g/mol. The first-order chi connectivity index (χ1) is 13.2. The van der Waals surface area contributed by atoms with Crippen LogP contribution in [0.2, 0.25) is 0 Å². The molecule has 0 aromatic heterocycles. The number of nitrogens with one attached hydrogen (secondary N) is 2. The molecule has 9 heteroatoms. The zero-order valence-corrected chi connectivity index (χ0v) is 17.4. The number of aryl methyl sites for hydroxylation is 1. The van der Waals surface area contributed by atoms with Crippen LogP contribution in [0.15, 0.2) is 41.3 Å². The van der Waals surface area contributed by atoms with Crippen LogP contribution >= 0.6 is 0 Å². The second-order valence-electron chi connectivity index (χ2n) is 6.24. The summed E-state index contributed by atoms with van der Waals surface area (Å²) in [5.41, 5.74) is 2.16. The Labute approximate surface area is 165 Å². The van der Waals surface area contributed by atoms with Crippen molar-refractivity contribution in [2.75, 3.05) is 45.5 Å². The van der Waals surface area contributed by atoms with Crippen LogP contribution in [-0.4, -0.2) is 53.5 Å². The Hall–Kier alpha value is -2.78. The van der Waals surface area contributed by atoms with E-state index in [1.165, 1.54) is 26.2 Å². The van der Waals surface area contributed by atoms with Gasteiger partial charge < -0.3 is 20.1 Å². The predicted molar refractivity (Wildman–Crippen MR) is 109 cm³/mol. The first-order valence-electron chi connectivity index (χ1n) is 8.48. The van der Waals surface area contributed by atoms with Crippen LogP contribution in [0.5, 0.6) is 11.5 Å². The van der Waals surface area contributed by atoms with Gasteiger partial charge in [0.1, 0.15) is 0 Å². The minimum Gasteiger partial charge on any atom is -0.493 e. The summed E-state index contributed by atoms with van der Waals surface area (Å²) in [4.78, 5) is 12.4. The number of sulfonamides is 1. The molecule has 1 amide bonds. The number of ether oxygens (including phenoxy) is 2. The molecule has 2 aromatic rings. The summed E-state index contributed by atoms with van der Waals surface area (Å²) < 4.78 is 35.8. The number of carbonyl (C=O) groups is 1. The molecule has 0 unspecified atom stereocenters. The molecule has 0 heterocycles. The van der Waals surface area contributed by atoms with Crippen LogP contribution in [0.25, 0.3) is 0 Å². The Kier molecular flexibility index (Phi) is 6.87. The van der Waals surface area contributed by atoms with E-state index in [2.05, 4.69) is 10.6 Å². The van der Waals surface area contributed by atoms with Crippen LogP contribution in [-0.2, 0) is 14.8 Å². The van der Waals surface area contributed by atoms with Crippen molar-refractivity contribution in [3.63, 3.8) is 0 Å². The van der Waals surface area contributed by atoms with Crippen molar-refractivity contribution in [2.45, 2.75) is 11.8 Å². The average Bonchev–Trinajstić information content (AvgIpc) is 2.67. The summed E-state index contributed by atoms with van der Waals surface area (Å²) in [5, 5.41) is 5.78. The van der Waals surface area contributed by atoms with Crippen LogP contribution in [0.4, 0.5) is 11.4 Å². The third kappa shape index (κ3) is 4.93. The molecule has 152 valence electrons. The van der Waals surface area contributed by atoms with E-state index in [4.69, 9.17) is 9.47 Å². The second-order valence-corrected chi connectivity index (χ2v) is 8.39. The van der Waals surface area contributed by atoms with Gasteiger partial charge in [0, 0.05) is 31.5 Å². The largest absolute Gasteiger partial charge is 0.493 e. The van der Waals surface area contributed by atoms with Gasteiger partial charge in [-0.25, -0.2) is 12.7 Å². The molecular formula is C19H25N3O5S. The Balaban J connectivity index is 2.02. The second kappa shape index (κ2) is 8.94. The lowest BCUT2D eigenvalue weighted by Crippen LogP contribution is -2.23. The first kappa shape index (κ1) is 21.5. The number of anilines is 2. The maximum absolute atomic E-state index is 12.2. The summed E-state index contributed by atoms with van der Waals surface area (Å²) in [6.07, 6.45) is 0. The molecule has 8 nitrogen and oxygen atoms in total. The van der Waals surface area contributed by atoms with Crippen molar-refractivity contribution in [3.8, 4) is 11.5 Å². The van der Waals surface area contributed by atoms with Gasteiger partial charge in [0.15, 0.2) is 11.5 Å². The van der Waals surface area contributed by atoms with Gasteiger partial charge in [0.25, 0.3) is 0 Å². The molecule has 0 aliphatic heterocycles. The molecule has 0 fully saturated rings. The molecule has 0 atom stereocenters. The molecule has 2 rings (SSSR count). The summed E-state index contributed by atoms with van der Waals surface area (Å²) >= 11 is 0. The van der Waals surface area contributed by atoms with Gasteiger partial charge in [0.2, 0.25) is 15.9 Å². The maximum atomic E-state index is 12.2. The Morgan fingerprint density at radius 2 is 1.61 bits per heavy atom. The fraction of sp³-hybridized carbons (Fsp3) is 0.316. The van der Waals surface area contributed by atoms with Crippen LogP contribution in [0.3, 0.4) is 0 Å². The van der Waals surface area contributed by atoms with E-state index in [9.17, 15) is 13.2 Å². The maximum Gasteiger partial charge on any atom is 0.243 e. The number of nitrogens with zero attached hydrogens (tertiary/aromatic N) is 1. The smallest absolute Gasteiger partial charge is 0.243 e. The number of hydrogen-bond acceptors (Lipinski definition) is 6. The number of benzene rings is 2. The summed E-state index contributed by atoms with van der Waals surface area (Å²) in [7, 11) is 2.54. The molecule has 0 aliphatic carbocycles. The van der Waals surface area contributed by atoms with Crippen molar-refractivity contribution < 1.29 is 22.7 Å². The van der Waals surface area contributed by atoms with E-state index in [0.717, 1.165) is 15.6 Å². The summed E-state index contributed by atoms with van der Waals surface area (Å²) in [6.45, 7) is 1.93. The predicted octanol–water partition coefficient (Wildman–Crippen LogP) is 2.31. The zero-order chi connectivity index (χ0) is 20.9. The number of methoxy groups -OCH3 is 2. The monoisotopic (exact) mass is 407 g/mol. The zero-order valence-electron chi connectivity index (χ0n) is 16.6. The van der Waals surface area contributed by atoms with Crippen molar-refractivity contribution in [1.82, 2.24) is 4.31 Å². The number of hydrogen-bond donors (Lipinski definition) is 2. The molecule has 0 radical (unpaired) electrons. The van der Waals surface area contributed by atoms with Crippen LogP contribution in [0, 0.1) is 6.92 Å². The molecule has 2 N–H and O–H groups in total. The highest BCUT2D eigenvalue weighted by Gasteiger charge is 2.17. The van der Waals surface area contributed by atoms with Gasteiger partial charge in [-0.1, -0.05) is 0 Å². The van der Waals surface area contributed by atoms with Crippen molar-refractivity contribution in [3.05, 3.63) is 42.0 Å². The van der Waals surface area contributed by atoms with E-state index in [1.54, 1.807) is 32.4 Å². The number of amides is 1. The highest BCUT2D eigenvalue weighted by Crippen LogP contribution is 2.32. The van der Waals surface area contributed by atoms with E-state index >= 15 is 0 Å². The van der Waals surface area contributed by atoms with E-state index in [0.29, 0.717) is 17.2 Å². The lowest BCUT2D eigenvalue weighted by atomic mass is 10.1. The normalized spacial score (nSPS) is 11.2. The molecule has 0 saturated carbocycles. The minimum absolute atomic E-state index is 0.0358. The summed E-state index contributed by atoms with van der Waals surface area (Å²) in [6, 6.07) is 9.60. The molecule has 0 aliphatic rings. The first-order valence-corrected chi connectivity index (χ1v) is 9.92. The molecular weight excluding hydrogens is 382 g/mol. The lowest BCUT2D eigenvalue weighted by Gasteiger charge is -2.14. The standard InChI is InChI=1S/C19H25N3O5S/c1-13-10-17(26-4)18(27-5)11-16(13)20-12-19(23)21-14-6-8-15(9-7-14)28(24,25)22(2)3/h6-11,20H,12H2,1-5H3,(H,21,23). The Bertz CT molecular complexity index is 941. The van der Waals surface area contributed by atoms with Crippen molar-refractivity contribution >= 4 is 27.3 Å². The molecule has 28 heavy (non-hydrogen) atoms. The Morgan fingerprint density at radius 3 is 2.14 bits per heavy atom. The van der Waals surface area contributed by atoms with Gasteiger partial charge in [-0.2, -0.15) is 0 Å². The highest BCUT2D eigenvalue weighted by molar-refractivity contribution is 7.89. The van der Waals surface area contributed by atoms with E-state index < -0.39 is 10.0 Å². The highest BCUT2D eigenvalue weighted by atomic mass is 32.2. The SMILES string of the molecule is COc1cc(C)c(NCC(=O)Nc2ccc(S(=O)(=O)N(C)C)cc2)cc1OC. The third-order valence-electron chi connectivity index (χ3n) is 4.09. The quantitative estimate of drug-likeness (QED) is 0.697. The summed E-state index contributed by atoms with van der Waals surface area (Å²) in [5.74, 6) is 0.911. The Morgan fingerprint density at radius 1 is 1.04 bits per heavy atom. The lowest BCUT2D eigenvalue weighted by molar-refractivity contribution is -0.114. The fourth-order valence-electron chi connectivity index (χ4n) is 2.47. The number of carbonyl (C=O) groups excluding carboxylic acids is 1. The van der Waals surface area contributed by atoms with Gasteiger partial charge in [-0.3, -0.25) is 4.79 Å².